The van der Waals surface area contributed by atoms with Gasteiger partial charge in [0.25, 0.3) is 0 Å². The first-order chi connectivity index (χ1) is 33.2. The van der Waals surface area contributed by atoms with Gasteiger partial charge in [0.2, 0.25) is 0 Å². The van der Waals surface area contributed by atoms with Crippen molar-refractivity contribution in [2.24, 2.45) is 0 Å². The van der Waals surface area contributed by atoms with E-state index in [1.54, 1.807) is 0 Å². The molecule has 4 aromatic heterocycles. The third kappa shape index (κ3) is 6.58. The summed E-state index contributed by atoms with van der Waals surface area (Å²) in [6.45, 7) is 0. The van der Waals surface area contributed by atoms with Crippen molar-refractivity contribution in [3.63, 3.8) is 0 Å². The van der Waals surface area contributed by atoms with E-state index >= 15 is 0 Å². The summed E-state index contributed by atoms with van der Waals surface area (Å²) in [7, 11) is 0. The van der Waals surface area contributed by atoms with Crippen molar-refractivity contribution >= 4 is 43.9 Å². The van der Waals surface area contributed by atoms with Gasteiger partial charge < -0.3 is 4.57 Å². The van der Waals surface area contributed by atoms with Gasteiger partial charge in [0.05, 0.1) is 33.1 Å². The van der Waals surface area contributed by atoms with E-state index < -0.39 is 0 Å². The summed E-state index contributed by atoms with van der Waals surface area (Å²) < 4.78 is 6.75. The van der Waals surface area contributed by atoms with E-state index in [-0.39, 0.29) is 0 Å². The lowest BCUT2D eigenvalue weighted by molar-refractivity contribution is 1.07. The van der Waals surface area contributed by atoms with Crippen molar-refractivity contribution in [2.75, 3.05) is 0 Å². The van der Waals surface area contributed by atoms with Crippen LogP contribution in [0.5, 0.6) is 0 Å². The molecule has 8 heteroatoms. The molecule has 0 bridgehead atoms. The lowest BCUT2D eigenvalue weighted by Gasteiger charge is -2.13. The first kappa shape index (κ1) is 38.2. The van der Waals surface area contributed by atoms with Gasteiger partial charge in [0, 0.05) is 55.7 Å². The first-order valence-corrected chi connectivity index (χ1v) is 22.3. The second-order valence-electron chi connectivity index (χ2n) is 16.6. The molecule has 0 spiro atoms. The molecule has 0 N–H and O–H groups in total. The SMILES string of the molecule is c1ccc(-c2nc3ccccc3n2-c2ccc(-c3nc(-c4ccc(-n5c(-c6ccccc6)nc6ccccc65)cc4)nc(-c4ccc5c(c4)c4ccccc4n5-c4ccccc4)n3)cc2)cc1. The van der Waals surface area contributed by atoms with Crippen LogP contribution in [0.2, 0.25) is 0 Å². The van der Waals surface area contributed by atoms with Crippen LogP contribution in [-0.4, -0.2) is 38.6 Å². The normalized spacial score (nSPS) is 11.6. The maximum absolute atomic E-state index is 5.24. The van der Waals surface area contributed by atoms with E-state index in [2.05, 4.69) is 196 Å². The van der Waals surface area contributed by atoms with Crippen LogP contribution in [0.3, 0.4) is 0 Å². The molecule has 0 amide bonds. The Bertz CT molecular complexity index is 3770. The molecule has 4 heterocycles. The minimum absolute atomic E-state index is 0.577. The molecule has 0 aliphatic heterocycles. The molecular weight excluding hydrogens is 821 g/mol. The van der Waals surface area contributed by atoms with Gasteiger partial charge >= 0.3 is 0 Å². The first-order valence-electron chi connectivity index (χ1n) is 22.3. The minimum Gasteiger partial charge on any atom is -0.309 e. The van der Waals surface area contributed by atoms with E-state index in [4.69, 9.17) is 24.9 Å². The molecule has 67 heavy (non-hydrogen) atoms. The third-order valence-electron chi connectivity index (χ3n) is 12.5. The number of hydrogen-bond donors (Lipinski definition) is 0. The minimum atomic E-state index is 0.577. The van der Waals surface area contributed by atoms with Crippen molar-refractivity contribution in [3.8, 4) is 74.0 Å². The van der Waals surface area contributed by atoms with Gasteiger partial charge in [0.1, 0.15) is 11.6 Å². The van der Waals surface area contributed by atoms with Crippen LogP contribution in [0.15, 0.2) is 231 Å². The summed E-state index contributed by atoms with van der Waals surface area (Å²) in [6, 6.07) is 79.6. The molecule has 13 aromatic rings. The predicted octanol–water partition coefficient (Wildman–Crippen LogP) is 14.0. The van der Waals surface area contributed by atoms with Crippen LogP contribution in [-0.2, 0) is 0 Å². The highest BCUT2D eigenvalue weighted by Gasteiger charge is 2.20. The van der Waals surface area contributed by atoms with Gasteiger partial charge in [-0.2, -0.15) is 0 Å². The number of imidazole rings is 2. The average molecular weight is 859 g/mol. The monoisotopic (exact) mass is 858 g/mol. The Morgan fingerprint density at radius 1 is 0.239 bits per heavy atom. The molecule has 8 nitrogen and oxygen atoms in total. The molecule has 0 unspecified atom stereocenters. The summed E-state index contributed by atoms with van der Waals surface area (Å²) in [6.07, 6.45) is 0. The van der Waals surface area contributed by atoms with Crippen molar-refractivity contribution < 1.29 is 0 Å². The second-order valence-corrected chi connectivity index (χ2v) is 16.6. The molecule has 13 rings (SSSR count). The van der Waals surface area contributed by atoms with Crippen LogP contribution >= 0.6 is 0 Å². The summed E-state index contributed by atoms with van der Waals surface area (Å²) in [5.74, 6) is 3.50. The molecular formula is C59H38N8. The number of rotatable bonds is 8. The Hall–Kier alpha value is -9.27. The van der Waals surface area contributed by atoms with Gasteiger partial charge in [-0.15, -0.1) is 0 Å². The Labute approximate surface area is 385 Å². The highest BCUT2D eigenvalue weighted by molar-refractivity contribution is 6.10. The maximum Gasteiger partial charge on any atom is 0.164 e. The van der Waals surface area contributed by atoms with Crippen LogP contribution in [0.4, 0.5) is 0 Å². The molecule has 0 fully saturated rings. The smallest absolute Gasteiger partial charge is 0.164 e. The zero-order chi connectivity index (χ0) is 44.3. The zero-order valence-corrected chi connectivity index (χ0v) is 36.0. The highest BCUT2D eigenvalue weighted by Crippen LogP contribution is 2.36. The van der Waals surface area contributed by atoms with Crippen molar-refractivity contribution in [1.29, 1.82) is 0 Å². The standard InChI is InChI=1S/C59H38N8/c1-4-16-41(17-5-1)58-60-49-23-11-14-26-53(49)66(58)45-33-28-39(29-34-45)55-62-56(40-30-35-46(36-31-40)67-54-27-15-12-24-50(54)61-59(67)42-18-6-2-7-19-42)64-57(63-55)43-32-37-52-48(38-43)47-22-10-13-25-51(47)65(52)44-20-8-3-9-21-44/h1-38H. The lowest BCUT2D eigenvalue weighted by atomic mass is 10.1. The molecule has 0 aliphatic rings. The number of aromatic nitrogens is 8. The Balaban J connectivity index is 0.957. The molecule has 0 saturated heterocycles. The second kappa shape index (κ2) is 15.8. The summed E-state index contributed by atoms with van der Waals surface area (Å²) in [4.78, 5) is 25.8. The van der Waals surface area contributed by atoms with Gasteiger partial charge in [-0.25, -0.2) is 24.9 Å². The van der Waals surface area contributed by atoms with E-state index in [9.17, 15) is 0 Å². The van der Waals surface area contributed by atoms with Crippen molar-refractivity contribution in [2.45, 2.75) is 0 Å². The van der Waals surface area contributed by atoms with Gasteiger partial charge in [0.15, 0.2) is 17.5 Å². The number of benzene rings is 9. The van der Waals surface area contributed by atoms with Gasteiger partial charge in [-0.05, 0) is 109 Å². The van der Waals surface area contributed by atoms with Crippen LogP contribution in [0.1, 0.15) is 0 Å². The van der Waals surface area contributed by atoms with E-state index in [0.29, 0.717) is 17.5 Å². The lowest BCUT2D eigenvalue weighted by Crippen LogP contribution is -2.02. The summed E-state index contributed by atoms with van der Waals surface area (Å²) >= 11 is 0. The number of para-hydroxylation sites is 6. The van der Waals surface area contributed by atoms with Gasteiger partial charge in [-0.3, -0.25) is 9.13 Å². The molecule has 314 valence electrons. The van der Waals surface area contributed by atoms with Crippen molar-refractivity contribution in [1.82, 2.24) is 38.6 Å². The number of fused-ring (bicyclic) bond motifs is 5. The van der Waals surface area contributed by atoms with E-state index in [1.807, 2.05) is 48.5 Å². The number of nitrogens with zero attached hydrogens (tertiary/aromatic N) is 8. The maximum atomic E-state index is 5.24. The zero-order valence-electron chi connectivity index (χ0n) is 36.0. The van der Waals surface area contributed by atoms with Crippen LogP contribution < -0.4 is 0 Å². The molecule has 0 saturated carbocycles. The van der Waals surface area contributed by atoms with E-state index in [1.165, 1.54) is 0 Å². The quantitative estimate of drug-likeness (QED) is 0.152. The van der Waals surface area contributed by atoms with Crippen LogP contribution in [0.25, 0.3) is 118 Å². The Morgan fingerprint density at radius 2 is 0.627 bits per heavy atom. The largest absolute Gasteiger partial charge is 0.309 e. The fraction of sp³-hybridized carbons (Fsp3) is 0. The topological polar surface area (TPSA) is 79.2 Å². The highest BCUT2D eigenvalue weighted by atomic mass is 15.1. The number of hydrogen-bond acceptors (Lipinski definition) is 5. The third-order valence-corrected chi connectivity index (χ3v) is 12.5. The Morgan fingerprint density at radius 3 is 1.15 bits per heavy atom. The average Bonchev–Trinajstić information content (AvgIpc) is 4.10. The fourth-order valence-electron chi connectivity index (χ4n) is 9.39. The van der Waals surface area contributed by atoms with Crippen LogP contribution in [0, 0.1) is 0 Å². The summed E-state index contributed by atoms with van der Waals surface area (Å²) in [5, 5.41) is 2.28. The molecule has 9 aromatic carbocycles. The predicted molar refractivity (Wildman–Crippen MR) is 271 cm³/mol. The summed E-state index contributed by atoms with van der Waals surface area (Å²) in [5.41, 5.74) is 14.0. The van der Waals surface area contributed by atoms with Gasteiger partial charge in [-0.1, -0.05) is 121 Å². The molecule has 0 radical (unpaired) electrons. The van der Waals surface area contributed by atoms with Crippen molar-refractivity contribution in [3.05, 3.63) is 231 Å². The molecule has 0 atom stereocenters. The van der Waals surface area contributed by atoms with E-state index in [0.717, 1.165) is 100 Å². The Kier molecular flexibility index (Phi) is 8.99. The molecule has 0 aliphatic carbocycles. The fourth-order valence-corrected chi connectivity index (χ4v) is 9.39.